The van der Waals surface area contributed by atoms with E-state index in [1.54, 1.807) is 18.2 Å². The van der Waals surface area contributed by atoms with E-state index in [1.807, 2.05) is 0 Å². The van der Waals surface area contributed by atoms with Gasteiger partial charge in [-0.1, -0.05) is 0 Å². The van der Waals surface area contributed by atoms with Crippen LogP contribution in [0.3, 0.4) is 0 Å². The van der Waals surface area contributed by atoms with Crippen molar-refractivity contribution < 1.29 is 19.9 Å². The fourth-order valence-corrected chi connectivity index (χ4v) is 2.43. The van der Waals surface area contributed by atoms with E-state index in [1.165, 1.54) is 12.1 Å². The average Bonchev–Trinajstić information content (AvgIpc) is 2.62. The lowest BCUT2D eigenvalue weighted by molar-refractivity contribution is -0.384. The third-order valence-corrected chi connectivity index (χ3v) is 3.77. The van der Waals surface area contributed by atoms with Crippen LogP contribution >= 0.6 is 0 Å². The average molecular weight is 344 g/mol. The molecule has 0 atom stereocenters. The highest BCUT2D eigenvalue weighted by Crippen LogP contribution is 2.35. The van der Waals surface area contributed by atoms with Gasteiger partial charge in [-0.05, 0) is 18.2 Å². The molecule has 2 N–H and O–H groups in total. The van der Waals surface area contributed by atoms with Gasteiger partial charge in [0.25, 0.3) is 5.69 Å². The van der Waals surface area contributed by atoms with Gasteiger partial charge in [0.2, 0.25) is 0 Å². The summed E-state index contributed by atoms with van der Waals surface area (Å²) in [4.78, 5) is 12.3. The molecule has 130 valence electrons. The lowest BCUT2D eigenvalue weighted by Crippen LogP contribution is -2.36. The smallest absolute Gasteiger partial charge is 0.271 e. The van der Waals surface area contributed by atoms with Crippen molar-refractivity contribution in [1.82, 2.24) is 0 Å². The van der Waals surface area contributed by atoms with Crippen molar-refractivity contribution in [3.63, 3.8) is 0 Å². The first-order chi connectivity index (χ1) is 12.0. The van der Waals surface area contributed by atoms with Crippen molar-refractivity contribution in [1.29, 1.82) is 0 Å². The maximum atomic E-state index is 10.8. The molecule has 1 fully saturated rings. The number of aromatic hydroxyl groups is 2. The van der Waals surface area contributed by atoms with Crippen molar-refractivity contribution in [2.75, 3.05) is 31.2 Å². The molecule has 0 radical (unpaired) electrons. The number of nitrogens with zero attached hydrogens (tertiary/aromatic N) is 4. The maximum absolute atomic E-state index is 10.8. The summed E-state index contributed by atoms with van der Waals surface area (Å²) in [6.07, 6.45) is 0. The van der Waals surface area contributed by atoms with Gasteiger partial charge in [-0.15, -0.1) is 10.2 Å². The Balaban J connectivity index is 1.82. The number of nitro benzene ring substituents is 1. The van der Waals surface area contributed by atoms with Crippen molar-refractivity contribution in [3.05, 3.63) is 46.5 Å². The normalized spacial score (nSPS) is 14.8. The first-order valence-corrected chi connectivity index (χ1v) is 7.59. The van der Waals surface area contributed by atoms with E-state index < -0.39 is 4.92 Å². The van der Waals surface area contributed by atoms with Crippen LogP contribution in [0.2, 0.25) is 0 Å². The number of morpholine rings is 1. The standard InChI is InChI=1S/C16H16N4O5/c21-15-4-2-12(20(23)24)9-14(15)18-17-13-3-1-11(10-16(13)22)19-5-7-25-8-6-19/h1-4,9-10,21-22H,5-8H2. The van der Waals surface area contributed by atoms with E-state index in [2.05, 4.69) is 15.1 Å². The quantitative estimate of drug-likeness (QED) is 0.499. The number of phenols is 2. The molecule has 0 aromatic heterocycles. The van der Waals surface area contributed by atoms with Crippen molar-refractivity contribution in [2.24, 2.45) is 10.2 Å². The molecule has 0 saturated carbocycles. The molecule has 25 heavy (non-hydrogen) atoms. The molecule has 2 aromatic carbocycles. The van der Waals surface area contributed by atoms with E-state index in [4.69, 9.17) is 4.74 Å². The number of nitro groups is 1. The Hall–Kier alpha value is -3.20. The summed E-state index contributed by atoms with van der Waals surface area (Å²) in [5.74, 6) is -0.309. The van der Waals surface area contributed by atoms with Crippen LogP contribution in [0.15, 0.2) is 46.6 Å². The summed E-state index contributed by atoms with van der Waals surface area (Å²) >= 11 is 0. The van der Waals surface area contributed by atoms with Crippen LogP contribution in [0.25, 0.3) is 0 Å². The predicted octanol–water partition coefficient (Wildman–Crippen LogP) is 3.26. The third kappa shape index (κ3) is 3.83. The van der Waals surface area contributed by atoms with Gasteiger partial charge >= 0.3 is 0 Å². The van der Waals surface area contributed by atoms with E-state index >= 15 is 0 Å². The van der Waals surface area contributed by atoms with Gasteiger partial charge < -0.3 is 19.8 Å². The van der Waals surface area contributed by atoms with Gasteiger partial charge in [0, 0.05) is 37.0 Å². The summed E-state index contributed by atoms with van der Waals surface area (Å²) in [7, 11) is 0. The third-order valence-electron chi connectivity index (χ3n) is 3.77. The van der Waals surface area contributed by atoms with Crippen molar-refractivity contribution >= 4 is 22.7 Å². The number of rotatable bonds is 4. The zero-order chi connectivity index (χ0) is 17.8. The van der Waals surface area contributed by atoms with Gasteiger partial charge in [-0.3, -0.25) is 10.1 Å². The lowest BCUT2D eigenvalue weighted by Gasteiger charge is -2.28. The Morgan fingerprint density at radius 3 is 2.40 bits per heavy atom. The number of hydrogen-bond acceptors (Lipinski definition) is 8. The Bertz CT molecular complexity index is 818. The first-order valence-electron chi connectivity index (χ1n) is 7.59. The molecule has 9 heteroatoms. The fraction of sp³-hybridized carbons (Fsp3) is 0.250. The summed E-state index contributed by atoms with van der Waals surface area (Å²) in [5.41, 5.74) is 0.783. The molecule has 0 bridgehead atoms. The van der Waals surface area contributed by atoms with Crippen molar-refractivity contribution in [3.8, 4) is 11.5 Å². The largest absolute Gasteiger partial charge is 0.506 e. The molecule has 0 unspecified atom stereocenters. The van der Waals surface area contributed by atoms with Crippen LogP contribution in [0.4, 0.5) is 22.7 Å². The van der Waals surface area contributed by atoms with E-state index in [0.29, 0.717) is 13.2 Å². The number of phenolic OH excluding ortho intramolecular Hbond substituents is 2. The first kappa shape index (κ1) is 16.7. The highest BCUT2D eigenvalue weighted by atomic mass is 16.6. The minimum atomic E-state index is -0.590. The van der Waals surface area contributed by atoms with Gasteiger partial charge in [-0.25, -0.2) is 0 Å². The van der Waals surface area contributed by atoms with Gasteiger partial charge in [0.05, 0.1) is 18.1 Å². The predicted molar refractivity (Wildman–Crippen MR) is 90.1 cm³/mol. The zero-order valence-electron chi connectivity index (χ0n) is 13.2. The minimum absolute atomic E-state index is 0.0501. The zero-order valence-corrected chi connectivity index (χ0v) is 13.2. The van der Waals surface area contributed by atoms with E-state index in [0.717, 1.165) is 24.8 Å². The minimum Gasteiger partial charge on any atom is -0.506 e. The molecule has 0 spiro atoms. The molecular formula is C16H16N4O5. The van der Waals surface area contributed by atoms with E-state index in [-0.39, 0.29) is 28.6 Å². The van der Waals surface area contributed by atoms with Crippen LogP contribution in [0.1, 0.15) is 0 Å². The second-order valence-electron chi connectivity index (χ2n) is 5.40. The Kier molecular flexibility index (Phi) is 4.75. The molecular weight excluding hydrogens is 328 g/mol. The molecule has 2 aromatic rings. The summed E-state index contributed by atoms with van der Waals surface area (Å²) in [6, 6.07) is 8.42. The molecule has 1 aliphatic rings. The molecule has 3 rings (SSSR count). The van der Waals surface area contributed by atoms with E-state index in [9.17, 15) is 20.3 Å². The summed E-state index contributed by atoms with van der Waals surface area (Å²) < 4.78 is 5.29. The van der Waals surface area contributed by atoms with Gasteiger partial charge in [0.1, 0.15) is 22.9 Å². The highest BCUT2D eigenvalue weighted by molar-refractivity contribution is 5.62. The summed E-state index contributed by atoms with van der Waals surface area (Å²) in [6.45, 7) is 2.74. The molecule has 1 saturated heterocycles. The number of ether oxygens (including phenoxy) is 1. The number of benzene rings is 2. The molecule has 1 heterocycles. The fourth-order valence-electron chi connectivity index (χ4n) is 2.43. The van der Waals surface area contributed by atoms with Crippen LogP contribution in [0, 0.1) is 10.1 Å². The Morgan fingerprint density at radius 1 is 1.00 bits per heavy atom. The summed E-state index contributed by atoms with van der Waals surface area (Å²) in [5, 5.41) is 38.3. The molecule has 0 aliphatic carbocycles. The highest BCUT2D eigenvalue weighted by Gasteiger charge is 2.13. The lowest BCUT2D eigenvalue weighted by atomic mass is 10.2. The maximum Gasteiger partial charge on any atom is 0.271 e. The van der Waals surface area contributed by atoms with Crippen molar-refractivity contribution in [2.45, 2.75) is 0 Å². The number of azo groups is 1. The molecule has 9 nitrogen and oxygen atoms in total. The SMILES string of the molecule is O=[N+]([O-])c1ccc(O)c(N=Nc2ccc(N3CCOCC3)cc2O)c1. The second-order valence-corrected chi connectivity index (χ2v) is 5.40. The Morgan fingerprint density at radius 2 is 1.72 bits per heavy atom. The second kappa shape index (κ2) is 7.14. The van der Waals surface area contributed by atoms with Crippen LogP contribution in [0.5, 0.6) is 11.5 Å². The molecule has 1 aliphatic heterocycles. The Labute approximate surface area is 143 Å². The number of non-ortho nitro benzene ring substituents is 1. The number of hydrogen-bond donors (Lipinski definition) is 2. The van der Waals surface area contributed by atoms with Gasteiger partial charge in [-0.2, -0.15) is 0 Å². The van der Waals surface area contributed by atoms with Gasteiger partial charge in [0.15, 0.2) is 0 Å². The van der Waals surface area contributed by atoms with Crippen LogP contribution in [-0.2, 0) is 4.74 Å². The molecule has 0 amide bonds. The monoisotopic (exact) mass is 344 g/mol. The van der Waals surface area contributed by atoms with Crippen LogP contribution < -0.4 is 4.90 Å². The number of anilines is 1. The topological polar surface area (TPSA) is 121 Å². The van der Waals surface area contributed by atoms with Crippen LogP contribution in [-0.4, -0.2) is 41.4 Å².